The van der Waals surface area contributed by atoms with Gasteiger partial charge >= 0.3 is 0 Å². The fourth-order valence-corrected chi connectivity index (χ4v) is 5.99. The van der Waals surface area contributed by atoms with Crippen molar-refractivity contribution >= 4 is 50.1 Å². The summed E-state index contributed by atoms with van der Waals surface area (Å²) >= 11 is 3.54. The van der Waals surface area contributed by atoms with Crippen molar-refractivity contribution < 1.29 is 14.4 Å². The fraction of sp³-hybridized carbons (Fsp3) is 0.286. The lowest BCUT2D eigenvalue weighted by atomic mass is 10.0. The van der Waals surface area contributed by atoms with E-state index in [1.807, 2.05) is 91.0 Å². The Hall–Kier alpha value is -3.97. The number of hydrogen-bond donors (Lipinski definition) is 1. The molecule has 0 saturated heterocycles. The quantitative estimate of drug-likeness (QED) is 0.189. The highest BCUT2D eigenvalue weighted by atomic mass is 79.9. The van der Waals surface area contributed by atoms with Gasteiger partial charge in [0.1, 0.15) is 6.04 Å². The van der Waals surface area contributed by atoms with Gasteiger partial charge in [-0.15, -0.1) is 0 Å². The van der Waals surface area contributed by atoms with E-state index < -0.39 is 6.04 Å². The largest absolute Gasteiger partial charge is 0.354 e. The van der Waals surface area contributed by atoms with Crippen LogP contribution in [-0.2, 0) is 22.6 Å². The Balaban J connectivity index is 1.37. The first-order chi connectivity index (χ1) is 20.3. The van der Waals surface area contributed by atoms with E-state index in [2.05, 4.69) is 35.1 Å². The van der Waals surface area contributed by atoms with Gasteiger partial charge in [0.25, 0.3) is 5.91 Å². The number of amides is 3. The minimum absolute atomic E-state index is 0.0322. The molecule has 3 amide bonds. The van der Waals surface area contributed by atoms with E-state index in [0.717, 1.165) is 32.1 Å². The first kappa shape index (κ1) is 29.5. The molecule has 0 radical (unpaired) electrons. The molecule has 216 valence electrons. The molecule has 1 N–H and O–H groups in total. The van der Waals surface area contributed by atoms with Gasteiger partial charge in [0, 0.05) is 47.9 Å². The predicted octanol–water partition coefficient (Wildman–Crippen LogP) is 6.76. The van der Waals surface area contributed by atoms with Crippen molar-refractivity contribution in [2.45, 2.75) is 45.7 Å². The smallest absolute Gasteiger partial charge is 0.258 e. The van der Waals surface area contributed by atoms with E-state index >= 15 is 0 Å². The van der Waals surface area contributed by atoms with E-state index in [4.69, 9.17) is 0 Å². The molecule has 0 unspecified atom stereocenters. The topological polar surface area (TPSA) is 69.7 Å². The first-order valence-electron chi connectivity index (χ1n) is 14.5. The second-order valence-electron chi connectivity index (χ2n) is 11.2. The third-order valence-corrected chi connectivity index (χ3v) is 8.11. The molecule has 0 saturated carbocycles. The molecule has 42 heavy (non-hydrogen) atoms. The Kier molecular flexibility index (Phi) is 9.38. The van der Waals surface area contributed by atoms with Crippen molar-refractivity contribution in [2.24, 2.45) is 5.92 Å². The Morgan fingerprint density at radius 3 is 2.36 bits per heavy atom. The molecule has 0 bridgehead atoms. The van der Waals surface area contributed by atoms with Gasteiger partial charge in [0.2, 0.25) is 11.8 Å². The standard InChI is InChI=1S/C35H36BrN3O3/c1-24(2)22-37-34(41)31(21-25-10-4-3-5-11-25)39(23-26-12-6-15-28(36)20-26)32(40)18-9-19-38-30-17-8-14-27-13-7-16-29(33(27)30)35(38)42/h3-8,10-17,20,24,31H,9,18-19,21-23H2,1-2H3,(H,37,41)/t31-/m0/s1. The summed E-state index contributed by atoms with van der Waals surface area (Å²) in [4.78, 5) is 44.4. The highest BCUT2D eigenvalue weighted by molar-refractivity contribution is 9.10. The third-order valence-electron chi connectivity index (χ3n) is 7.62. The van der Waals surface area contributed by atoms with Crippen LogP contribution in [0.3, 0.4) is 0 Å². The van der Waals surface area contributed by atoms with Gasteiger partial charge in [0.05, 0.1) is 5.69 Å². The summed E-state index contributed by atoms with van der Waals surface area (Å²) in [7, 11) is 0. The molecule has 6 nitrogen and oxygen atoms in total. The van der Waals surface area contributed by atoms with Crippen molar-refractivity contribution in [3.8, 4) is 0 Å². The molecule has 0 fully saturated rings. The Morgan fingerprint density at radius 2 is 1.62 bits per heavy atom. The van der Waals surface area contributed by atoms with Crippen LogP contribution in [-0.4, -0.2) is 41.8 Å². The number of anilines is 1. The van der Waals surface area contributed by atoms with Gasteiger partial charge in [-0.2, -0.15) is 0 Å². The number of carbonyl (C=O) groups is 3. The molecule has 1 heterocycles. The van der Waals surface area contributed by atoms with E-state index in [1.165, 1.54) is 0 Å². The summed E-state index contributed by atoms with van der Waals surface area (Å²) in [6, 6.07) is 28.7. The van der Waals surface area contributed by atoms with Crippen LogP contribution in [0.4, 0.5) is 5.69 Å². The Morgan fingerprint density at radius 1 is 0.905 bits per heavy atom. The van der Waals surface area contributed by atoms with Crippen molar-refractivity contribution in [3.05, 3.63) is 112 Å². The van der Waals surface area contributed by atoms with Crippen LogP contribution in [0.1, 0.15) is 48.2 Å². The second kappa shape index (κ2) is 13.3. The van der Waals surface area contributed by atoms with E-state index in [1.54, 1.807) is 9.80 Å². The van der Waals surface area contributed by atoms with E-state index in [-0.39, 0.29) is 30.1 Å². The maximum atomic E-state index is 14.0. The highest BCUT2D eigenvalue weighted by Gasteiger charge is 2.32. The number of hydrogen-bond acceptors (Lipinski definition) is 3. The third kappa shape index (κ3) is 6.73. The highest BCUT2D eigenvalue weighted by Crippen LogP contribution is 2.37. The first-order valence-corrected chi connectivity index (χ1v) is 15.3. The number of benzene rings is 4. The number of rotatable bonds is 12. The molecule has 5 rings (SSSR count). The van der Waals surface area contributed by atoms with Crippen molar-refractivity contribution in [2.75, 3.05) is 18.0 Å². The van der Waals surface area contributed by atoms with E-state index in [0.29, 0.717) is 38.0 Å². The normalized spacial score (nSPS) is 13.0. The summed E-state index contributed by atoms with van der Waals surface area (Å²) in [6.07, 6.45) is 1.11. The van der Waals surface area contributed by atoms with Gasteiger partial charge in [-0.1, -0.05) is 96.5 Å². The second-order valence-corrected chi connectivity index (χ2v) is 12.2. The Labute approximate surface area is 255 Å². The molecule has 1 atom stereocenters. The number of carbonyl (C=O) groups excluding carboxylic acids is 3. The van der Waals surface area contributed by atoms with Gasteiger partial charge in [-0.3, -0.25) is 14.4 Å². The van der Waals surface area contributed by atoms with Crippen molar-refractivity contribution in [3.63, 3.8) is 0 Å². The summed E-state index contributed by atoms with van der Waals surface area (Å²) in [5.41, 5.74) is 3.52. The van der Waals surface area contributed by atoms with Crippen LogP contribution in [0, 0.1) is 5.92 Å². The van der Waals surface area contributed by atoms with Crippen LogP contribution < -0.4 is 10.2 Å². The van der Waals surface area contributed by atoms with Crippen molar-refractivity contribution in [1.29, 1.82) is 0 Å². The van der Waals surface area contributed by atoms with Crippen LogP contribution in [0.2, 0.25) is 0 Å². The zero-order valence-corrected chi connectivity index (χ0v) is 25.6. The van der Waals surface area contributed by atoms with Crippen LogP contribution >= 0.6 is 15.9 Å². The Bertz CT molecular complexity index is 1580. The lowest BCUT2D eigenvalue weighted by Gasteiger charge is -2.32. The molecule has 0 aliphatic carbocycles. The maximum absolute atomic E-state index is 14.0. The molecule has 1 aliphatic heterocycles. The van der Waals surface area contributed by atoms with Gasteiger partial charge < -0.3 is 15.1 Å². The predicted molar refractivity (Wildman–Crippen MR) is 171 cm³/mol. The summed E-state index contributed by atoms with van der Waals surface area (Å²) < 4.78 is 0.914. The SMILES string of the molecule is CC(C)CNC(=O)[C@H](Cc1ccccc1)N(Cc1cccc(Br)c1)C(=O)CCCN1C(=O)c2cccc3cccc1c23. The van der Waals surface area contributed by atoms with Crippen LogP contribution in [0.25, 0.3) is 10.8 Å². The molecule has 1 aliphatic rings. The minimum atomic E-state index is -0.677. The molecule has 7 heteroatoms. The average Bonchev–Trinajstić information content (AvgIpc) is 3.26. The number of nitrogens with zero attached hydrogens (tertiary/aromatic N) is 2. The molecule has 4 aromatic carbocycles. The molecule has 0 spiro atoms. The fourth-order valence-electron chi connectivity index (χ4n) is 5.54. The number of halogens is 1. The van der Waals surface area contributed by atoms with Crippen LogP contribution in [0.5, 0.6) is 0 Å². The molecule has 0 aromatic heterocycles. The molecule has 4 aromatic rings. The minimum Gasteiger partial charge on any atom is -0.354 e. The summed E-state index contributed by atoms with van der Waals surface area (Å²) in [5.74, 6) is -0.0203. The van der Waals surface area contributed by atoms with Crippen LogP contribution in [0.15, 0.2) is 95.5 Å². The lowest BCUT2D eigenvalue weighted by Crippen LogP contribution is -2.51. The summed E-state index contributed by atoms with van der Waals surface area (Å²) in [6.45, 7) is 5.36. The van der Waals surface area contributed by atoms with Crippen molar-refractivity contribution in [1.82, 2.24) is 10.2 Å². The molecular weight excluding hydrogens is 590 g/mol. The number of nitrogens with one attached hydrogen (secondary N) is 1. The maximum Gasteiger partial charge on any atom is 0.258 e. The van der Waals surface area contributed by atoms with Gasteiger partial charge in [-0.05, 0) is 53.1 Å². The molecular formula is C35H36BrN3O3. The summed E-state index contributed by atoms with van der Waals surface area (Å²) in [5, 5.41) is 5.07. The van der Waals surface area contributed by atoms with E-state index in [9.17, 15) is 14.4 Å². The zero-order valence-electron chi connectivity index (χ0n) is 24.1. The lowest BCUT2D eigenvalue weighted by molar-refractivity contribution is -0.141. The average molecular weight is 627 g/mol. The zero-order chi connectivity index (χ0) is 29.6. The monoisotopic (exact) mass is 625 g/mol. The van der Waals surface area contributed by atoms with Gasteiger partial charge in [0.15, 0.2) is 0 Å². The van der Waals surface area contributed by atoms with Gasteiger partial charge in [-0.25, -0.2) is 0 Å².